The number of thiazole rings is 1. The Labute approximate surface area is 142 Å². The molecule has 0 aromatic carbocycles. The molecule has 6 nitrogen and oxygen atoms in total. The minimum Gasteiger partial charge on any atom is -0.467 e. The number of nitrogens with zero attached hydrogens (tertiary/aromatic N) is 3. The zero-order chi connectivity index (χ0) is 16.5. The van der Waals surface area contributed by atoms with Crippen molar-refractivity contribution in [2.45, 2.75) is 31.1 Å². The summed E-state index contributed by atoms with van der Waals surface area (Å²) in [5, 5.41) is 1.73. The second kappa shape index (κ2) is 6.45. The molecule has 0 radical (unpaired) electrons. The molecular weight excluding hydrogens is 333 g/mol. The van der Waals surface area contributed by atoms with Gasteiger partial charge in [0.05, 0.1) is 24.3 Å². The molecule has 2 aliphatic rings. The van der Waals surface area contributed by atoms with Crippen molar-refractivity contribution in [2.24, 2.45) is 0 Å². The number of carbonyl (C=O) groups excluding carboxylic acids is 1. The average Bonchev–Trinajstić information content (AvgIpc) is 3.18. The number of hydrogen-bond acceptors (Lipinski definition) is 6. The summed E-state index contributed by atoms with van der Waals surface area (Å²) in [6, 6.07) is 2.64. The fourth-order valence-corrected chi connectivity index (χ4v) is 3.88. The van der Waals surface area contributed by atoms with E-state index in [1.807, 2.05) is 0 Å². The van der Waals surface area contributed by atoms with Crippen LogP contribution in [0.2, 0.25) is 0 Å². The smallest absolute Gasteiger partial charge is 0.273 e. The molecule has 1 aliphatic carbocycles. The molecule has 1 saturated heterocycles. The number of pyridine rings is 1. The molecular formula is C16H16FN3O3S. The molecule has 126 valence electrons. The maximum Gasteiger partial charge on any atom is 0.273 e. The van der Waals surface area contributed by atoms with Gasteiger partial charge >= 0.3 is 0 Å². The van der Waals surface area contributed by atoms with Gasteiger partial charge in [0.15, 0.2) is 5.82 Å². The number of amides is 1. The third-order valence-electron chi connectivity index (χ3n) is 4.44. The van der Waals surface area contributed by atoms with Crippen molar-refractivity contribution in [1.82, 2.24) is 14.9 Å². The standard InChI is InChI=1S/C16H16FN3O3S/c17-10-2-1-5-18-15(10)23-14-12-3-4-13(14)22-7-6-20(12)16(21)11-8-24-9-19-11/h1-2,5,8-9,12-14H,3-4,6-7H2/t12-,13-,14-/m0/s1. The Hall–Kier alpha value is -2.06. The van der Waals surface area contributed by atoms with Crippen molar-refractivity contribution in [3.05, 3.63) is 40.7 Å². The van der Waals surface area contributed by atoms with Gasteiger partial charge in [-0.2, -0.15) is 0 Å². The van der Waals surface area contributed by atoms with Gasteiger partial charge in [-0.1, -0.05) is 0 Å². The average molecular weight is 349 g/mol. The summed E-state index contributed by atoms with van der Waals surface area (Å²) in [6.45, 7) is 0.906. The minimum absolute atomic E-state index is 0.0500. The second-order valence-electron chi connectivity index (χ2n) is 5.80. The molecule has 2 fully saturated rings. The van der Waals surface area contributed by atoms with Gasteiger partial charge < -0.3 is 14.4 Å². The zero-order valence-electron chi connectivity index (χ0n) is 12.8. The highest BCUT2D eigenvalue weighted by Gasteiger charge is 2.46. The lowest BCUT2D eigenvalue weighted by Gasteiger charge is -2.30. The van der Waals surface area contributed by atoms with Gasteiger partial charge in [-0.15, -0.1) is 11.3 Å². The van der Waals surface area contributed by atoms with E-state index in [2.05, 4.69) is 9.97 Å². The zero-order valence-corrected chi connectivity index (χ0v) is 13.6. The SMILES string of the molecule is O=C(c1cscn1)N1CCO[C@H]2CC[C@H]1[C@@H]2Oc1ncccc1F. The molecule has 1 amide bonds. The summed E-state index contributed by atoms with van der Waals surface area (Å²) >= 11 is 1.38. The highest BCUT2D eigenvalue weighted by Crippen LogP contribution is 2.33. The van der Waals surface area contributed by atoms with E-state index in [0.717, 1.165) is 12.8 Å². The Bertz CT molecular complexity index is 727. The summed E-state index contributed by atoms with van der Waals surface area (Å²) in [6.07, 6.45) is 2.41. The van der Waals surface area contributed by atoms with E-state index >= 15 is 0 Å². The van der Waals surface area contributed by atoms with E-state index < -0.39 is 11.9 Å². The Morgan fingerprint density at radius 3 is 3.12 bits per heavy atom. The quantitative estimate of drug-likeness (QED) is 0.849. The normalized spacial score (nSPS) is 26.2. The van der Waals surface area contributed by atoms with Crippen LogP contribution < -0.4 is 4.74 Å². The van der Waals surface area contributed by atoms with Crippen LogP contribution in [0.5, 0.6) is 5.88 Å². The third-order valence-corrected chi connectivity index (χ3v) is 5.03. The van der Waals surface area contributed by atoms with Crippen LogP contribution in [-0.4, -0.2) is 52.2 Å². The molecule has 3 atom stereocenters. The molecule has 0 unspecified atom stereocenters. The predicted octanol–water partition coefficient (Wildman–Crippen LogP) is 2.13. The van der Waals surface area contributed by atoms with Gasteiger partial charge in [-0.3, -0.25) is 4.79 Å². The van der Waals surface area contributed by atoms with Crippen LogP contribution in [0.3, 0.4) is 0 Å². The maximum absolute atomic E-state index is 13.9. The van der Waals surface area contributed by atoms with Gasteiger partial charge in [-0.05, 0) is 25.0 Å². The first-order chi connectivity index (χ1) is 11.7. The number of halogens is 1. The molecule has 1 aliphatic heterocycles. The largest absolute Gasteiger partial charge is 0.467 e. The van der Waals surface area contributed by atoms with E-state index in [9.17, 15) is 9.18 Å². The molecule has 2 aromatic rings. The summed E-state index contributed by atoms with van der Waals surface area (Å²) in [7, 11) is 0. The Morgan fingerprint density at radius 1 is 1.42 bits per heavy atom. The number of rotatable bonds is 3. The molecule has 8 heteroatoms. The molecule has 3 heterocycles. The first-order valence-electron chi connectivity index (χ1n) is 7.82. The monoisotopic (exact) mass is 349 g/mol. The predicted molar refractivity (Wildman–Crippen MR) is 84.5 cm³/mol. The molecule has 4 rings (SSSR count). The van der Waals surface area contributed by atoms with Crippen LogP contribution in [-0.2, 0) is 4.74 Å². The third kappa shape index (κ3) is 2.76. The van der Waals surface area contributed by atoms with E-state index in [1.165, 1.54) is 29.7 Å². The minimum atomic E-state index is -0.515. The van der Waals surface area contributed by atoms with Crippen LogP contribution in [0.4, 0.5) is 4.39 Å². The van der Waals surface area contributed by atoms with E-state index in [4.69, 9.17) is 9.47 Å². The highest BCUT2D eigenvalue weighted by molar-refractivity contribution is 7.07. The number of carbonyl (C=O) groups is 1. The van der Waals surface area contributed by atoms with E-state index in [0.29, 0.717) is 18.8 Å². The summed E-state index contributed by atoms with van der Waals surface area (Å²) in [5.41, 5.74) is 2.06. The Morgan fingerprint density at radius 2 is 2.33 bits per heavy atom. The van der Waals surface area contributed by atoms with Crippen LogP contribution in [0.25, 0.3) is 0 Å². The van der Waals surface area contributed by atoms with E-state index in [1.54, 1.807) is 15.8 Å². The lowest BCUT2D eigenvalue weighted by molar-refractivity contribution is 0.000303. The highest BCUT2D eigenvalue weighted by atomic mass is 32.1. The lowest BCUT2D eigenvalue weighted by Crippen LogP contribution is -2.48. The fourth-order valence-electron chi connectivity index (χ4n) is 3.35. The first kappa shape index (κ1) is 15.5. The number of fused-ring (bicyclic) bond motifs is 2. The van der Waals surface area contributed by atoms with Crippen molar-refractivity contribution >= 4 is 17.2 Å². The molecule has 0 N–H and O–H groups in total. The topological polar surface area (TPSA) is 64.6 Å². The summed E-state index contributed by atoms with van der Waals surface area (Å²) in [5.74, 6) is -0.702. The Kier molecular flexibility index (Phi) is 4.15. The number of hydrogen-bond donors (Lipinski definition) is 0. The van der Waals surface area contributed by atoms with Crippen molar-refractivity contribution in [3.63, 3.8) is 0 Å². The molecule has 0 spiro atoms. The van der Waals surface area contributed by atoms with E-state index in [-0.39, 0.29) is 23.9 Å². The van der Waals surface area contributed by atoms with Crippen LogP contribution >= 0.6 is 11.3 Å². The van der Waals surface area contributed by atoms with Crippen molar-refractivity contribution in [3.8, 4) is 5.88 Å². The van der Waals surface area contributed by atoms with Crippen LogP contribution in [0.1, 0.15) is 23.3 Å². The second-order valence-corrected chi connectivity index (χ2v) is 6.52. The summed E-state index contributed by atoms with van der Waals surface area (Å²) in [4.78, 5) is 22.5. The van der Waals surface area contributed by atoms with Gasteiger partial charge in [0.25, 0.3) is 11.8 Å². The van der Waals surface area contributed by atoms with Crippen molar-refractivity contribution in [1.29, 1.82) is 0 Å². The van der Waals surface area contributed by atoms with Gasteiger partial charge in [0.2, 0.25) is 0 Å². The molecule has 24 heavy (non-hydrogen) atoms. The van der Waals surface area contributed by atoms with Crippen LogP contribution in [0.15, 0.2) is 29.2 Å². The number of ether oxygens (including phenoxy) is 2. The van der Waals surface area contributed by atoms with Gasteiger partial charge in [0.1, 0.15) is 11.8 Å². The Balaban J connectivity index is 1.60. The fraction of sp³-hybridized carbons (Fsp3) is 0.438. The van der Waals surface area contributed by atoms with Gasteiger partial charge in [0, 0.05) is 18.1 Å². The van der Waals surface area contributed by atoms with Crippen LogP contribution in [0, 0.1) is 5.82 Å². The molecule has 1 saturated carbocycles. The van der Waals surface area contributed by atoms with Crippen molar-refractivity contribution < 1.29 is 18.7 Å². The number of aromatic nitrogens is 2. The summed E-state index contributed by atoms with van der Waals surface area (Å²) < 4.78 is 25.5. The molecule has 2 aromatic heterocycles. The van der Waals surface area contributed by atoms with Crippen molar-refractivity contribution in [2.75, 3.05) is 13.2 Å². The molecule has 2 bridgehead atoms. The lowest BCUT2D eigenvalue weighted by atomic mass is 10.1. The first-order valence-corrected chi connectivity index (χ1v) is 8.76. The van der Waals surface area contributed by atoms with Gasteiger partial charge in [-0.25, -0.2) is 14.4 Å². The maximum atomic E-state index is 13.9.